The Kier molecular flexibility index (Phi) is 9.91. The van der Waals surface area contributed by atoms with E-state index in [1.807, 2.05) is 26.8 Å². The molecule has 0 aromatic heterocycles. The molecule has 2 N–H and O–H groups in total. The van der Waals surface area contributed by atoms with Gasteiger partial charge in [0.15, 0.2) is 11.5 Å². The molecular weight excluding hydrogens is 568 g/mol. The molecule has 4 rings (SSSR count). The number of aryl methyl sites for hydroxylation is 1. The molecule has 0 bridgehead atoms. The van der Waals surface area contributed by atoms with Crippen molar-refractivity contribution in [2.45, 2.75) is 52.2 Å². The smallest absolute Gasteiger partial charge is 0.410 e. The van der Waals surface area contributed by atoms with Gasteiger partial charge in [-0.15, -0.1) is 0 Å². The van der Waals surface area contributed by atoms with Crippen molar-refractivity contribution in [3.8, 4) is 28.4 Å². The van der Waals surface area contributed by atoms with Crippen LogP contribution in [-0.4, -0.2) is 87.4 Å². The number of carbonyl (C=O) groups is 3. The quantitative estimate of drug-likeness (QED) is 0.484. The zero-order valence-corrected chi connectivity index (χ0v) is 26.5. The monoisotopic (exact) mass is 610 g/mol. The number of hydrogen-bond donors (Lipinski definition) is 2. The molecule has 1 heterocycles. The summed E-state index contributed by atoms with van der Waals surface area (Å²) in [7, 11) is 4.63. The number of rotatable bonds is 7. The van der Waals surface area contributed by atoms with Crippen molar-refractivity contribution in [1.29, 1.82) is 0 Å². The van der Waals surface area contributed by atoms with Crippen LogP contribution in [0.1, 0.15) is 51.3 Å². The van der Waals surface area contributed by atoms with E-state index in [-0.39, 0.29) is 29.5 Å². The summed E-state index contributed by atoms with van der Waals surface area (Å²) in [4.78, 5) is 54.4. The molecule has 2 aromatic carbocycles. The summed E-state index contributed by atoms with van der Waals surface area (Å²) in [6.45, 7) is 8.22. The van der Waals surface area contributed by atoms with Gasteiger partial charge in [0.25, 0.3) is 0 Å². The first-order valence-electron chi connectivity index (χ1n) is 14.6. The summed E-state index contributed by atoms with van der Waals surface area (Å²) in [5.41, 5.74) is 2.31. The van der Waals surface area contributed by atoms with Gasteiger partial charge in [0.2, 0.25) is 23.0 Å². The van der Waals surface area contributed by atoms with Crippen LogP contribution in [0.15, 0.2) is 29.1 Å². The van der Waals surface area contributed by atoms with Gasteiger partial charge < -0.3 is 39.4 Å². The highest BCUT2D eigenvalue weighted by atomic mass is 16.6. The summed E-state index contributed by atoms with van der Waals surface area (Å²) >= 11 is 0. The first-order valence-corrected chi connectivity index (χ1v) is 14.6. The predicted octanol–water partition coefficient (Wildman–Crippen LogP) is 3.35. The third-order valence-corrected chi connectivity index (χ3v) is 7.63. The summed E-state index contributed by atoms with van der Waals surface area (Å²) in [5, 5.41) is 6.00. The van der Waals surface area contributed by atoms with Gasteiger partial charge >= 0.3 is 6.09 Å². The number of ether oxygens (including phenoxy) is 4. The average Bonchev–Trinajstić information content (AvgIpc) is 3.22. The summed E-state index contributed by atoms with van der Waals surface area (Å²) in [5.74, 6) is 0.980. The number of carbonyl (C=O) groups excluding carboxylic acids is 3. The Morgan fingerprint density at radius 3 is 2.18 bits per heavy atom. The minimum atomic E-state index is -0.595. The topological polar surface area (TPSA) is 136 Å². The first-order chi connectivity index (χ1) is 20.9. The van der Waals surface area contributed by atoms with Crippen LogP contribution in [0.4, 0.5) is 10.5 Å². The molecule has 2 aliphatic rings. The number of methoxy groups -OCH3 is 3. The largest absolute Gasteiger partial charge is 0.493 e. The summed E-state index contributed by atoms with van der Waals surface area (Å²) < 4.78 is 22.5. The molecule has 0 saturated carbocycles. The van der Waals surface area contributed by atoms with Crippen LogP contribution in [0.2, 0.25) is 0 Å². The highest BCUT2D eigenvalue weighted by Crippen LogP contribution is 2.50. The second-order valence-corrected chi connectivity index (χ2v) is 11.8. The number of benzene rings is 1. The van der Waals surface area contributed by atoms with E-state index in [1.54, 1.807) is 36.2 Å². The van der Waals surface area contributed by atoms with Gasteiger partial charge in [-0.2, -0.15) is 0 Å². The Labute approximate surface area is 257 Å². The van der Waals surface area contributed by atoms with Gasteiger partial charge in [-0.1, -0.05) is 6.07 Å². The van der Waals surface area contributed by atoms with Crippen LogP contribution in [0.5, 0.6) is 17.2 Å². The molecule has 1 aliphatic heterocycles. The predicted molar refractivity (Wildman–Crippen MR) is 166 cm³/mol. The van der Waals surface area contributed by atoms with E-state index >= 15 is 0 Å². The average molecular weight is 611 g/mol. The van der Waals surface area contributed by atoms with Crippen molar-refractivity contribution in [1.82, 2.24) is 15.1 Å². The molecule has 0 radical (unpaired) electrons. The van der Waals surface area contributed by atoms with Crippen LogP contribution in [0.25, 0.3) is 11.1 Å². The summed E-state index contributed by atoms with van der Waals surface area (Å²) in [6, 6.07) is 6.41. The SMILES string of the molecule is COc1cc2c(c(OC)c1OC)-c1ccc(NCC(=O)N3CCN(C(=O)OC(C)(C)C)CC3)c(=O)cc1[C@@H](NC(C)=O)CC2. The Bertz CT molecular complexity index is 1480. The van der Waals surface area contributed by atoms with E-state index < -0.39 is 17.7 Å². The lowest BCUT2D eigenvalue weighted by Crippen LogP contribution is -2.52. The highest BCUT2D eigenvalue weighted by molar-refractivity contribution is 5.84. The molecule has 1 saturated heterocycles. The molecule has 238 valence electrons. The Morgan fingerprint density at radius 1 is 0.932 bits per heavy atom. The fourth-order valence-electron chi connectivity index (χ4n) is 5.60. The molecule has 1 fully saturated rings. The fourth-order valence-corrected chi connectivity index (χ4v) is 5.60. The van der Waals surface area contributed by atoms with Crippen molar-refractivity contribution in [3.05, 3.63) is 45.6 Å². The maximum Gasteiger partial charge on any atom is 0.410 e. The first kappa shape index (κ1) is 32.4. The number of nitrogens with zero attached hydrogens (tertiary/aromatic N) is 2. The van der Waals surface area contributed by atoms with Crippen molar-refractivity contribution in [3.63, 3.8) is 0 Å². The van der Waals surface area contributed by atoms with Crippen molar-refractivity contribution in [2.75, 3.05) is 59.4 Å². The zero-order chi connectivity index (χ0) is 32.2. The lowest BCUT2D eigenvalue weighted by atomic mass is 9.95. The molecule has 44 heavy (non-hydrogen) atoms. The highest BCUT2D eigenvalue weighted by Gasteiger charge is 2.30. The number of amides is 3. The number of nitrogens with one attached hydrogen (secondary N) is 2. The Morgan fingerprint density at radius 2 is 1.59 bits per heavy atom. The standard InChI is InChI=1S/C32H42N4O8/c1-19(37)34-23-10-8-20-16-26(41-5)29(42-6)30(43-7)28(20)21-9-11-24(25(38)17-22(21)23)33-18-27(39)35-12-14-36(15-13-35)31(40)44-32(2,3)4/h9,11,16-17,23H,8,10,12-15,18H2,1-7H3,(H,33,38)(H,34,37)/t23-/m0/s1. The minimum Gasteiger partial charge on any atom is -0.493 e. The molecule has 3 amide bonds. The number of fused-ring (bicyclic) bond motifs is 3. The van der Waals surface area contributed by atoms with Gasteiger partial charge in [-0.05, 0) is 68.5 Å². The second kappa shape index (κ2) is 13.4. The Hall–Kier alpha value is -4.48. The molecule has 1 atom stereocenters. The lowest BCUT2D eigenvalue weighted by molar-refractivity contribution is -0.131. The Balaban J connectivity index is 1.61. The van der Waals surface area contributed by atoms with Crippen molar-refractivity contribution in [2.24, 2.45) is 0 Å². The second-order valence-electron chi connectivity index (χ2n) is 11.8. The maximum atomic E-state index is 13.5. The molecule has 0 spiro atoms. The molecule has 2 aromatic rings. The molecule has 12 nitrogen and oxygen atoms in total. The van der Waals surface area contributed by atoms with E-state index in [0.717, 1.165) is 11.1 Å². The van der Waals surface area contributed by atoms with Gasteiger partial charge in [-0.25, -0.2) is 4.79 Å². The lowest BCUT2D eigenvalue weighted by Gasteiger charge is -2.35. The van der Waals surface area contributed by atoms with Crippen LogP contribution in [-0.2, 0) is 20.7 Å². The van der Waals surface area contributed by atoms with Crippen LogP contribution in [0, 0.1) is 0 Å². The third-order valence-electron chi connectivity index (χ3n) is 7.63. The van der Waals surface area contributed by atoms with Gasteiger partial charge in [-0.3, -0.25) is 14.4 Å². The van der Waals surface area contributed by atoms with E-state index in [9.17, 15) is 19.2 Å². The van der Waals surface area contributed by atoms with Gasteiger partial charge in [0.05, 0.1) is 39.6 Å². The minimum absolute atomic E-state index is 0.101. The summed E-state index contributed by atoms with van der Waals surface area (Å²) in [6.07, 6.45) is 0.727. The van der Waals surface area contributed by atoms with Gasteiger partial charge in [0, 0.05) is 38.7 Å². The third kappa shape index (κ3) is 7.17. The number of piperazine rings is 1. The van der Waals surface area contributed by atoms with E-state index in [2.05, 4.69) is 10.6 Å². The molecule has 12 heteroatoms. The van der Waals surface area contributed by atoms with E-state index in [0.29, 0.717) is 67.4 Å². The fraction of sp³-hybridized carbons (Fsp3) is 0.500. The molecular formula is C32H42N4O8. The van der Waals surface area contributed by atoms with Gasteiger partial charge in [0.1, 0.15) is 5.60 Å². The maximum absolute atomic E-state index is 13.5. The van der Waals surface area contributed by atoms with Crippen LogP contribution < -0.4 is 30.3 Å². The van der Waals surface area contributed by atoms with E-state index in [4.69, 9.17) is 18.9 Å². The van der Waals surface area contributed by atoms with Crippen LogP contribution >= 0.6 is 0 Å². The molecule has 0 unspecified atom stereocenters. The zero-order valence-electron chi connectivity index (χ0n) is 26.5. The molecule has 1 aliphatic carbocycles. The van der Waals surface area contributed by atoms with Crippen molar-refractivity contribution >= 4 is 23.6 Å². The van der Waals surface area contributed by atoms with E-state index in [1.165, 1.54) is 20.1 Å². The number of hydrogen-bond acceptors (Lipinski definition) is 9. The van der Waals surface area contributed by atoms with Crippen LogP contribution in [0.3, 0.4) is 0 Å². The normalized spacial score (nSPS) is 16.1. The van der Waals surface area contributed by atoms with Crippen molar-refractivity contribution < 1.29 is 33.3 Å². The number of anilines is 1.